The molecule has 18 nitrogen and oxygen atoms in total. The van der Waals surface area contributed by atoms with Gasteiger partial charge in [-0.05, 0) is 92.5 Å². The predicted molar refractivity (Wildman–Crippen MR) is 317 cm³/mol. The molecule has 8 rings (SSSR count). The number of rotatable bonds is 25. The topological polar surface area (TPSA) is 229 Å². The predicted octanol–water partition coefficient (Wildman–Crippen LogP) is 8.71. The summed E-state index contributed by atoms with van der Waals surface area (Å²) < 4.78 is 12.5. The van der Waals surface area contributed by atoms with Crippen LogP contribution in [0.15, 0.2) is 84.4 Å². The maximum absolute atomic E-state index is 14.1. The molecule has 436 valence electrons. The van der Waals surface area contributed by atoms with Crippen molar-refractivity contribution in [2.24, 2.45) is 5.41 Å². The lowest BCUT2D eigenvalue weighted by atomic mass is 9.85. The number of nitrogens with one attached hydrogen (secondary N) is 2. The second kappa shape index (κ2) is 28.7. The Bertz CT molecular complexity index is 2850. The minimum atomic E-state index is -0.858. The van der Waals surface area contributed by atoms with E-state index in [1.807, 2.05) is 87.5 Å². The van der Waals surface area contributed by atoms with Crippen LogP contribution in [-0.2, 0) is 19.2 Å². The number of aliphatic hydroxyl groups is 1. The van der Waals surface area contributed by atoms with Crippen molar-refractivity contribution >= 4 is 46.5 Å². The molecule has 0 saturated carbocycles. The van der Waals surface area contributed by atoms with Crippen molar-refractivity contribution in [1.82, 2.24) is 40.5 Å². The maximum Gasteiger partial charge on any atom is 0.246 e. The highest BCUT2D eigenvalue weighted by atomic mass is 32.1. The summed E-state index contributed by atoms with van der Waals surface area (Å²) in [7, 11) is 0. The van der Waals surface area contributed by atoms with Crippen molar-refractivity contribution in [2.45, 2.75) is 148 Å². The summed E-state index contributed by atoms with van der Waals surface area (Å²) in [5.41, 5.74) is 12.5. The number of amides is 4. The van der Waals surface area contributed by atoms with E-state index in [1.54, 1.807) is 35.6 Å². The molecule has 4 amide bonds. The number of benzene rings is 3. The number of carbonyl (C=O) groups is 4. The molecule has 5 aromatic rings. The van der Waals surface area contributed by atoms with Gasteiger partial charge in [-0.1, -0.05) is 95.7 Å². The summed E-state index contributed by atoms with van der Waals surface area (Å²) in [5.74, 6) is 0.945. The smallest absolute Gasteiger partial charge is 0.246 e. The maximum atomic E-state index is 14.1. The van der Waals surface area contributed by atoms with Crippen molar-refractivity contribution in [3.8, 4) is 38.9 Å². The number of piperazine rings is 1. The van der Waals surface area contributed by atoms with Gasteiger partial charge in [-0.25, -0.2) is 4.98 Å². The van der Waals surface area contributed by atoms with Crippen molar-refractivity contribution in [2.75, 3.05) is 69.6 Å². The fraction of sp³-hybridized carbons (Fsp3) is 0.532. The molecule has 19 heteroatoms. The van der Waals surface area contributed by atoms with Crippen molar-refractivity contribution < 1.29 is 38.9 Å². The third-order valence-electron chi connectivity index (χ3n) is 15.8. The Morgan fingerprint density at radius 2 is 1.53 bits per heavy atom. The third-order valence-corrected chi connectivity index (χ3v) is 16.8. The lowest BCUT2D eigenvalue weighted by Gasteiger charge is -2.35. The number of likely N-dealkylation sites (tertiary alicyclic amines) is 1. The number of aromatic hydroxyl groups is 1. The normalized spacial score (nSPS) is 18.5. The lowest BCUT2D eigenvalue weighted by Crippen LogP contribution is -2.57. The van der Waals surface area contributed by atoms with Gasteiger partial charge in [-0.3, -0.25) is 24.1 Å². The summed E-state index contributed by atoms with van der Waals surface area (Å²) >= 11 is 1.58. The SMILES string of the molecule is Cc1ncsc1-c1ccc(C(C)NC(=O)[C@@H]2C[C@@H](O)CN2C(=O)C(NC(=O)CCCCCCCCCCC(=O)N2CCN(CCOc3ccc(N4CCCC(Oc5cc(-c6ccccc6O)nnc5N)C4)cc3)CC2)C(C)(C)C)cc1. The number of aromatic nitrogens is 3. The summed E-state index contributed by atoms with van der Waals surface area (Å²) in [4.78, 5) is 67.7. The van der Waals surface area contributed by atoms with Gasteiger partial charge in [-0.15, -0.1) is 21.5 Å². The van der Waals surface area contributed by atoms with Crippen LogP contribution in [0.2, 0.25) is 0 Å². The molecule has 3 aliphatic heterocycles. The van der Waals surface area contributed by atoms with Gasteiger partial charge in [0.05, 0.1) is 34.8 Å². The number of aliphatic hydroxyl groups excluding tert-OH is 1. The number of piperidine rings is 1. The van der Waals surface area contributed by atoms with E-state index in [-0.39, 0.29) is 60.3 Å². The molecule has 81 heavy (non-hydrogen) atoms. The van der Waals surface area contributed by atoms with Crippen LogP contribution in [0.5, 0.6) is 17.2 Å². The average molecular weight is 1130 g/mol. The third kappa shape index (κ3) is 16.9. The highest BCUT2D eigenvalue weighted by Gasteiger charge is 2.45. The van der Waals surface area contributed by atoms with E-state index >= 15 is 0 Å². The Balaban J connectivity index is 0.649. The quantitative estimate of drug-likeness (QED) is 0.0345. The van der Waals surface area contributed by atoms with Gasteiger partial charge >= 0.3 is 0 Å². The number of phenolic OH excluding ortho intramolecular Hbond substituents is 1. The molecule has 3 fully saturated rings. The van der Waals surface area contributed by atoms with Crippen LogP contribution in [0.3, 0.4) is 0 Å². The number of ether oxygens (including phenoxy) is 2. The van der Waals surface area contributed by atoms with E-state index in [0.29, 0.717) is 49.4 Å². The Labute approximate surface area is 481 Å². The van der Waals surface area contributed by atoms with Crippen LogP contribution in [0.4, 0.5) is 11.5 Å². The van der Waals surface area contributed by atoms with Crippen LogP contribution in [0, 0.1) is 12.3 Å². The van der Waals surface area contributed by atoms with E-state index in [4.69, 9.17) is 15.2 Å². The van der Waals surface area contributed by atoms with Crippen LogP contribution in [0.1, 0.15) is 128 Å². The molecule has 0 radical (unpaired) electrons. The van der Waals surface area contributed by atoms with Crippen molar-refractivity contribution in [1.29, 1.82) is 0 Å². The van der Waals surface area contributed by atoms with Gasteiger partial charge in [0.2, 0.25) is 23.6 Å². The largest absolute Gasteiger partial charge is 0.507 e. The van der Waals surface area contributed by atoms with Crippen LogP contribution >= 0.6 is 11.3 Å². The molecule has 0 aliphatic carbocycles. The number of nitrogen functional groups attached to an aromatic ring is 1. The number of hydrogen-bond acceptors (Lipinski definition) is 15. The highest BCUT2D eigenvalue weighted by Crippen LogP contribution is 2.34. The molecule has 0 bridgehead atoms. The Kier molecular flexibility index (Phi) is 21.4. The van der Waals surface area contributed by atoms with E-state index < -0.39 is 23.6 Å². The van der Waals surface area contributed by atoms with E-state index in [2.05, 4.69) is 47.7 Å². The molecular weight excluding hydrogens is 1040 g/mol. The monoisotopic (exact) mass is 1130 g/mol. The van der Waals surface area contributed by atoms with Gasteiger partial charge in [0, 0.05) is 82.4 Å². The van der Waals surface area contributed by atoms with Gasteiger partial charge in [0.25, 0.3) is 0 Å². The lowest BCUT2D eigenvalue weighted by molar-refractivity contribution is -0.144. The fourth-order valence-corrected chi connectivity index (χ4v) is 11.9. The zero-order valence-corrected chi connectivity index (χ0v) is 48.8. The van der Waals surface area contributed by atoms with Crippen LogP contribution in [0.25, 0.3) is 21.7 Å². The molecule has 6 N–H and O–H groups in total. The Morgan fingerprint density at radius 3 is 2.21 bits per heavy atom. The fourth-order valence-electron chi connectivity index (χ4n) is 11.0. The number of anilines is 2. The first-order valence-electron chi connectivity index (χ1n) is 29.2. The number of carbonyl (C=O) groups excluding carboxylic acids is 4. The molecule has 5 atom stereocenters. The molecule has 3 saturated heterocycles. The van der Waals surface area contributed by atoms with Crippen molar-refractivity contribution in [3.63, 3.8) is 0 Å². The summed E-state index contributed by atoms with van der Waals surface area (Å²) in [6, 6.07) is 22.9. The zero-order valence-electron chi connectivity index (χ0n) is 48.0. The number of phenols is 1. The minimum absolute atomic E-state index is 0.0267. The molecule has 0 spiro atoms. The minimum Gasteiger partial charge on any atom is -0.507 e. The van der Waals surface area contributed by atoms with Gasteiger partial charge in [0.1, 0.15) is 42.0 Å². The molecule has 2 aromatic heterocycles. The van der Waals surface area contributed by atoms with E-state index in [9.17, 15) is 29.4 Å². The first kappa shape index (κ1) is 60.3. The number of β-amino-alcohol motifs (C(OH)–C–C–N with tert-alkyl or cyclic N) is 1. The second-order valence-electron chi connectivity index (χ2n) is 23.1. The Morgan fingerprint density at radius 1 is 0.840 bits per heavy atom. The summed E-state index contributed by atoms with van der Waals surface area (Å²) in [6.45, 7) is 15.7. The summed E-state index contributed by atoms with van der Waals surface area (Å²) in [5, 5.41) is 35.3. The number of para-hydroxylation sites is 1. The number of hydrogen-bond donors (Lipinski definition) is 5. The highest BCUT2D eigenvalue weighted by molar-refractivity contribution is 7.13. The van der Waals surface area contributed by atoms with Crippen molar-refractivity contribution in [3.05, 3.63) is 95.6 Å². The number of aryl methyl sites for hydroxylation is 1. The first-order chi connectivity index (χ1) is 39.0. The van der Waals surface area contributed by atoms with Gasteiger partial charge in [-0.2, -0.15) is 0 Å². The van der Waals surface area contributed by atoms with E-state index in [0.717, 1.165) is 130 Å². The van der Waals surface area contributed by atoms with Crippen LogP contribution in [-0.4, -0.2) is 147 Å². The average Bonchev–Trinajstić information content (AvgIpc) is 4.19. The first-order valence-corrected chi connectivity index (χ1v) is 30.0. The molecule has 3 aromatic carbocycles. The van der Waals surface area contributed by atoms with Crippen LogP contribution < -0.4 is 30.7 Å². The second-order valence-corrected chi connectivity index (χ2v) is 24.0. The molecule has 5 heterocycles. The standard InChI is InChI=1S/C62H84N10O8S/c1-42(44-22-24-45(25-23-44)57-43(2)64-41-81-57)65-60(77)52-37-47(73)39-72(52)61(78)58(62(3,4)5)66-55(75)20-12-10-8-6-7-9-11-13-21-56(76)70-33-31-69(32-34-70)35-36-79-48-28-26-46(27-29-48)71-30-16-17-49(40-71)80-54-38-51(67-68-59(54)63)50-18-14-15-19-53(50)74/h14-15,18-19,22-29,38,41-42,47,49,52,58,73-74H,6-13,16-17,20-21,30-37,39-40H2,1-5H3,(H2,63,68)(H,65,77)(H,66,75)/t42?,47-,49?,52+,58?/m1/s1. The molecule has 3 aliphatic rings. The number of unbranched alkanes of at least 4 members (excludes halogenated alkanes) is 7. The van der Waals surface area contributed by atoms with Gasteiger partial charge in [0.15, 0.2) is 11.6 Å². The number of nitrogens with zero attached hydrogens (tertiary/aromatic N) is 7. The number of thiazole rings is 1. The van der Waals surface area contributed by atoms with E-state index in [1.165, 1.54) is 4.90 Å². The van der Waals surface area contributed by atoms with Gasteiger partial charge < -0.3 is 50.8 Å². The zero-order chi connectivity index (χ0) is 57.5. The summed E-state index contributed by atoms with van der Waals surface area (Å²) in [6.07, 6.45) is 9.67. The molecular formula is C62H84N10O8S. The Hall–Kier alpha value is -6.83. The molecule has 3 unspecified atom stereocenters. The number of nitrogens with two attached hydrogens (primary N) is 1.